The maximum Gasteiger partial charge on any atom is 0.320 e. The standard InChI is InChI=1S/C10H17NO2/c1-2-7-11-9(10(12)13)8-5-3-4-6-8/h2,8-9,11H,1,3-7H2,(H,12,13). The molecule has 3 nitrogen and oxygen atoms in total. The lowest BCUT2D eigenvalue weighted by molar-refractivity contribution is -0.140. The van der Waals surface area contributed by atoms with Crippen LogP contribution in [0.15, 0.2) is 12.7 Å². The van der Waals surface area contributed by atoms with E-state index in [4.69, 9.17) is 5.11 Å². The highest BCUT2D eigenvalue weighted by Crippen LogP contribution is 2.27. The van der Waals surface area contributed by atoms with Gasteiger partial charge >= 0.3 is 5.97 Å². The lowest BCUT2D eigenvalue weighted by Crippen LogP contribution is -2.42. The Labute approximate surface area is 78.8 Å². The molecule has 13 heavy (non-hydrogen) atoms. The number of rotatable bonds is 5. The number of aliphatic carboxylic acids is 1. The highest BCUT2D eigenvalue weighted by Gasteiger charge is 2.29. The second-order valence-electron chi connectivity index (χ2n) is 3.56. The van der Waals surface area contributed by atoms with Crippen molar-refractivity contribution in [1.82, 2.24) is 5.32 Å². The monoisotopic (exact) mass is 183 g/mol. The smallest absolute Gasteiger partial charge is 0.320 e. The van der Waals surface area contributed by atoms with Gasteiger partial charge in [-0.05, 0) is 18.8 Å². The summed E-state index contributed by atoms with van der Waals surface area (Å²) < 4.78 is 0. The van der Waals surface area contributed by atoms with Gasteiger partial charge in [-0.2, -0.15) is 0 Å². The molecule has 0 aromatic heterocycles. The molecule has 1 atom stereocenters. The zero-order chi connectivity index (χ0) is 9.68. The summed E-state index contributed by atoms with van der Waals surface area (Å²) in [5, 5.41) is 12.0. The van der Waals surface area contributed by atoms with E-state index in [1.807, 2.05) is 0 Å². The molecule has 0 saturated heterocycles. The lowest BCUT2D eigenvalue weighted by Gasteiger charge is -2.19. The highest BCUT2D eigenvalue weighted by molar-refractivity contribution is 5.73. The molecule has 0 heterocycles. The fraction of sp³-hybridized carbons (Fsp3) is 0.700. The van der Waals surface area contributed by atoms with E-state index in [0.717, 1.165) is 12.8 Å². The summed E-state index contributed by atoms with van der Waals surface area (Å²) >= 11 is 0. The Morgan fingerprint density at radius 2 is 2.23 bits per heavy atom. The zero-order valence-corrected chi connectivity index (χ0v) is 7.83. The van der Waals surface area contributed by atoms with E-state index in [1.165, 1.54) is 12.8 Å². The Kier molecular flexibility index (Phi) is 3.96. The van der Waals surface area contributed by atoms with Crippen LogP contribution < -0.4 is 5.32 Å². The van der Waals surface area contributed by atoms with Crippen molar-refractivity contribution < 1.29 is 9.90 Å². The average Bonchev–Trinajstić information content (AvgIpc) is 2.57. The largest absolute Gasteiger partial charge is 0.480 e. The van der Waals surface area contributed by atoms with Crippen LogP contribution in [0.4, 0.5) is 0 Å². The Morgan fingerprint density at radius 1 is 1.62 bits per heavy atom. The first-order valence-electron chi connectivity index (χ1n) is 4.82. The van der Waals surface area contributed by atoms with Crippen molar-refractivity contribution in [2.24, 2.45) is 5.92 Å². The molecule has 0 aliphatic heterocycles. The maximum atomic E-state index is 10.9. The van der Waals surface area contributed by atoms with E-state index in [2.05, 4.69) is 11.9 Å². The highest BCUT2D eigenvalue weighted by atomic mass is 16.4. The fourth-order valence-corrected chi connectivity index (χ4v) is 1.96. The Bertz CT molecular complexity index is 185. The molecule has 1 aliphatic rings. The van der Waals surface area contributed by atoms with Gasteiger partial charge in [0.05, 0.1) is 0 Å². The summed E-state index contributed by atoms with van der Waals surface area (Å²) in [6, 6.07) is -0.375. The number of nitrogens with one attached hydrogen (secondary N) is 1. The van der Waals surface area contributed by atoms with Crippen LogP contribution in [0.1, 0.15) is 25.7 Å². The molecule has 0 aromatic rings. The molecule has 74 valence electrons. The van der Waals surface area contributed by atoms with Crippen LogP contribution in [0, 0.1) is 5.92 Å². The van der Waals surface area contributed by atoms with E-state index in [1.54, 1.807) is 6.08 Å². The van der Waals surface area contributed by atoms with Crippen molar-refractivity contribution in [3.8, 4) is 0 Å². The fourth-order valence-electron chi connectivity index (χ4n) is 1.96. The van der Waals surface area contributed by atoms with Crippen molar-refractivity contribution in [2.45, 2.75) is 31.7 Å². The van der Waals surface area contributed by atoms with Crippen LogP contribution in [-0.2, 0) is 4.79 Å². The molecule has 2 N–H and O–H groups in total. The summed E-state index contributed by atoms with van der Waals surface area (Å²) in [5.74, 6) is -0.411. The van der Waals surface area contributed by atoms with Gasteiger partial charge in [0.25, 0.3) is 0 Å². The lowest BCUT2D eigenvalue weighted by atomic mass is 9.98. The second kappa shape index (κ2) is 5.02. The first kappa shape index (κ1) is 10.3. The van der Waals surface area contributed by atoms with Crippen LogP contribution in [0.2, 0.25) is 0 Å². The van der Waals surface area contributed by atoms with Gasteiger partial charge in [-0.15, -0.1) is 6.58 Å². The number of hydrogen-bond acceptors (Lipinski definition) is 2. The minimum Gasteiger partial charge on any atom is -0.480 e. The number of carboxylic acids is 1. The molecule has 0 spiro atoms. The zero-order valence-electron chi connectivity index (χ0n) is 7.83. The van der Waals surface area contributed by atoms with Crippen molar-refractivity contribution in [2.75, 3.05) is 6.54 Å². The molecule has 1 fully saturated rings. The van der Waals surface area contributed by atoms with E-state index < -0.39 is 5.97 Å². The van der Waals surface area contributed by atoms with Crippen LogP contribution in [-0.4, -0.2) is 23.7 Å². The Morgan fingerprint density at radius 3 is 2.69 bits per heavy atom. The van der Waals surface area contributed by atoms with Gasteiger partial charge in [0.2, 0.25) is 0 Å². The molecule has 1 aliphatic carbocycles. The van der Waals surface area contributed by atoms with Gasteiger partial charge in [-0.1, -0.05) is 18.9 Å². The van der Waals surface area contributed by atoms with Crippen molar-refractivity contribution in [1.29, 1.82) is 0 Å². The SMILES string of the molecule is C=CCNC(C(=O)O)C1CCCC1. The molecule has 3 heteroatoms. The number of hydrogen-bond donors (Lipinski definition) is 2. The third kappa shape index (κ3) is 2.84. The maximum absolute atomic E-state index is 10.9. The third-order valence-electron chi connectivity index (χ3n) is 2.62. The summed E-state index contributed by atoms with van der Waals surface area (Å²) in [6.07, 6.45) is 6.13. The Balaban J connectivity index is 2.45. The van der Waals surface area contributed by atoms with Gasteiger partial charge in [-0.3, -0.25) is 4.79 Å². The predicted molar refractivity (Wildman–Crippen MR) is 51.6 cm³/mol. The predicted octanol–water partition coefficient (Wildman–Crippen LogP) is 1.41. The molecule has 0 amide bonds. The van der Waals surface area contributed by atoms with E-state index >= 15 is 0 Å². The summed E-state index contributed by atoms with van der Waals surface area (Å²) in [7, 11) is 0. The molecule has 1 saturated carbocycles. The second-order valence-corrected chi connectivity index (χ2v) is 3.56. The summed E-state index contributed by atoms with van der Waals surface area (Å²) in [6.45, 7) is 4.14. The topological polar surface area (TPSA) is 49.3 Å². The molecular weight excluding hydrogens is 166 g/mol. The van der Waals surface area contributed by atoms with Gasteiger partial charge in [0.1, 0.15) is 6.04 Å². The molecule has 0 radical (unpaired) electrons. The summed E-state index contributed by atoms with van der Waals surface area (Å²) in [4.78, 5) is 10.9. The van der Waals surface area contributed by atoms with Gasteiger partial charge in [0.15, 0.2) is 0 Å². The van der Waals surface area contributed by atoms with Crippen molar-refractivity contribution >= 4 is 5.97 Å². The van der Waals surface area contributed by atoms with Crippen LogP contribution in [0.5, 0.6) is 0 Å². The van der Waals surface area contributed by atoms with Gasteiger partial charge < -0.3 is 10.4 Å². The number of carbonyl (C=O) groups is 1. The van der Waals surface area contributed by atoms with Crippen molar-refractivity contribution in [3.05, 3.63) is 12.7 Å². The first-order valence-corrected chi connectivity index (χ1v) is 4.82. The van der Waals surface area contributed by atoms with Gasteiger partial charge in [0, 0.05) is 6.54 Å². The third-order valence-corrected chi connectivity index (χ3v) is 2.62. The molecule has 0 bridgehead atoms. The molecule has 1 unspecified atom stereocenters. The quantitative estimate of drug-likeness (QED) is 0.633. The normalized spacial score (nSPS) is 20.0. The average molecular weight is 183 g/mol. The minimum atomic E-state index is -0.728. The van der Waals surface area contributed by atoms with Crippen LogP contribution >= 0.6 is 0 Å². The van der Waals surface area contributed by atoms with Crippen LogP contribution in [0.3, 0.4) is 0 Å². The Hall–Kier alpha value is -0.830. The molecular formula is C10H17NO2. The van der Waals surface area contributed by atoms with Crippen molar-refractivity contribution in [3.63, 3.8) is 0 Å². The van der Waals surface area contributed by atoms with E-state index in [9.17, 15) is 4.79 Å². The minimum absolute atomic E-state index is 0.317. The molecule has 1 rings (SSSR count). The molecule has 0 aromatic carbocycles. The summed E-state index contributed by atoms with van der Waals surface area (Å²) in [5.41, 5.74) is 0. The number of carboxylic acid groups (broad SMARTS) is 1. The van der Waals surface area contributed by atoms with E-state index in [0.29, 0.717) is 12.5 Å². The first-order chi connectivity index (χ1) is 6.25. The van der Waals surface area contributed by atoms with Gasteiger partial charge in [-0.25, -0.2) is 0 Å². The van der Waals surface area contributed by atoms with E-state index in [-0.39, 0.29) is 6.04 Å². The van der Waals surface area contributed by atoms with Crippen LogP contribution in [0.25, 0.3) is 0 Å².